The first-order valence-corrected chi connectivity index (χ1v) is 7.04. The first kappa shape index (κ1) is 14.0. The third-order valence-electron chi connectivity index (χ3n) is 4.19. The molecule has 0 aromatic carbocycles. The van der Waals surface area contributed by atoms with E-state index in [1.54, 1.807) is 0 Å². The molecule has 0 spiro atoms. The molecule has 1 unspecified atom stereocenters. The molecule has 1 atom stereocenters. The minimum Gasteiger partial charge on any atom is -0.324 e. The predicted molar refractivity (Wildman–Crippen MR) is 71.5 cm³/mol. The SMILES string of the molecule is CCC(CC)CN(CC)CC(C)(N)C1CC1. The summed E-state index contributed by atoms with van der Waals surface area (Å²) in [6, 6.07) is 0. The van der Waals surface area contributed by atoms with Crippen molar-refractivity contribution in [2.45, 2.75) is 58.9 Å². The maximum atomic E-state index is 6.42. The van der Waals surface area contributed by atoms with Crippen molar-refractivity contribution in [2.24, 2.45) is 17.6 Å². The predicted octanol–water partition coefficient (Wildman–Crippen LogP) is 2.87. The fraction of sp³-hybridized carbons (Fsp3) is 1.00. The van der Waals surface area contributed by atoms with Gasteiger partial charge in [0.1, 0.15) is 0 Å². The van der Waals surface area contributed by atoms with Crippen LogP contribution in [0, 0.1) is 11.8 Å². The quantitative estimate of drug-likeness (QED) is 0.689. The van der Waals surface area contributed by atoms with E-state index < -0.39 is 0 Å². The van der Waals surface area contributed by atoms with Gasteiger partial charge in [0.05, 0.1) is 0 Å². The third kappa shape index (κ3) is 4.06. The van der Waals surface area contributed by atoms with Gasteiger partial charge in [0.15, 0.2) is 0 Å². The molecule has 0 bridgehead atoms. The molecule has 1 saturated carbocycles. The second-order valence-corrected chi connectivity index (χ2v) is 5.79. The summed E-state index contributed by atoms with van der Waals surface area (Å²) in [5.74, 6) is 1.62. The second-order valence-electron chi connectivity index (χ2n) is 5.79. The standard InChI is InChI=1S/C14H30N2/c1-5-12(6-2)10-16(7-3)11-14(4,15)13-8-9-13/h12-13H,5-11,15H2,1-4H3. The van der Waals surface area contributed by atoms with Crippen LogP contribution in [-0.2, 0) is 0 Å². The molecule has 0 amide bonds. The first-order chi connectivity index (χ1) is 7.53. The largest absolute Gasteiger partial charge is 0.324 e. The van der Waals surface area contributed by atoms with Crippen LogP contribution in [0.5, 0.6) is 0 Å². The Morgan fingerprint density at radius 1 is 1.25 bits per heavy atom. The molecule has 16 heavy (non-hydrogen) atoms. The first-order valence-electron chi connectivity index (χ1n) is 7.04. The lowest BCUT2D eigenvalue weighted by Gasteiger charge is -2.34. The Kier molecular flexibility index (Phi) is 5.26. The Morgan fingerprint density at radius 2 is 1.81 bits per heavy atom. The number of rotatable bonds is 8. The van der Waals surface area contributed by atoms with Gasteiger partial charge in [-0.2, -0.15) is 0 Å². The number of hydrogen-bond acceptors (Lipinski definition) is 2. The molecule has 0 aromatic heterocycles. The summed E-state index contributed by atoms with van der Waals surface area (Å²) in [6.45, 7) is 12.5. The zero-order chi connectivity index (χ0) is 12.2. The molecule has 2 heteroatoms. The number of nitrogens with two attached hydrogens (primary N) is 1. The fourth-order valence-electron chi connectivity index (χ4n) is 2.57. The summed E-state index contributed by atoms with van der Waals surface area (Å²) in [5.41, 5.74) is 6.46. The molecule has 1 fully saturated rings. The van der Waals surface area contributed by atoms with E-state index in [0.717, 1.165) is 24.9 Å². The lowest BCUT2D eigenvalue weighted by Crippen LogP contribution is -2.50. The zero-order valence-corrected chi connectivity index (χ0v) is 11.6. The number of hydrogen-bond donors (Lipinski definition) is 1. The van der Waals surface area contributed by atoms with Gasteiger partial charge in [-0.25, -0.2) is 0 Å². The van der Waals surface area contributed by atoms with E-state index in [2.05, 4.69) is 32.6 Å². The molecule has 2 N–H and O–H groups in total. The highest BCUT2D eigenvalue weighted by molar-refractivity contribution is 4.97. The topological polar surface area (TPSA) is 29.3 Å². The maximum Gasteiger partial charge on any atom is 0.0283 e. The van der Waals surface area contributed by atoms with Gasteiger partial charge in [0.25, 0.3) is 0 Å². The van der Waals surface area contributed by atoms with Gasteiger partial charge in [0, 0.05) is 18.6 Å². The van der Waals surface area contributed by atoms with Crippen LogP contribution in [0.2, 0.25) is 0 Å². The molecule has 1 rings (SSSR count). The Bertz CT molecular complexity index is 193. The van der Waals surface area contributed by atoms with Crippen molar-refractivity contribution in [2.75, 3.05) is 19.6 Å². The Hall–Kier alpha value is -0.0800. The Balaban J connectivity index is 2.41. The van der Waals surface area contributed by atoms with Crippen LogP contribution < -0.4 is 5.73 Å². The summed E-state index contributed by atoms with van der Waals surface area (Å²) in [5, 5.41) is 0. The van der Waals surface area contributed by atoms with Gasteiger partial charge in [0.2, 0.25) is 0 Å². The average molecular weight is 226 g/mol. The van der Waals surface area contributed by atoms with Crippen LogP contribution in [0.3, 0.4) is 0 Å². The van der Waals surface area contributed by atoms with E-state index in [1.165, 1.54) is 32.2 Å². The molecule has 1 aliphatic carbocycles. The molecule has 96 valence electrons. The van der Waals surface area contributed by atoms with Gasteiger partial charge in [-0.1, -0.05) is 33.6 Å². The molecular formula is C14H30N2. The van der Waals surface area contributed by atoms with Crippen LogP contribution in [0.25, 0.3) is 0 Å². The highest BCUT2D eigenvalue weighted by Crippen LogP contribution is 2.38. The van der Waals surface area contributed by atoms with Crippen LogP contribution in [0.1, 0.15) is 53.4 Å². The van der Waals surface area contributed by atoms with Crippen LogP contribution in [0.15, 0.2) is 0 Å². The van der Waals surface area contributed by atoms with Crippen LogP contribution in [0.4, 0.5) is 0 Å². The normalized spacial score (nSPS) is 20.4. The van der Waals surface area contributed by atoms with Crippen molar-refractivity contribution in [3.05, 3.63) is 0 Å². The summed E-state index contributed by atoms with van der Waals surface area (Å²) in [4.78, 5) is 2.55. The van der Waals surface area contributed by atoms with E-state index in [4.69, 9.17) is 5.73 Å². The van der Waals surface area contributed by atoms with Crippen molar-refractivity contribution < 1.29 is 0 Å². The van der Waals surface area contributed by atoms with Gasteiger partial charge in [-0.3, -0.25) is 0 Å². The highest BCUT2D eigenvalue weighted by atomic mass is 15.1. The maximum absolute atomic E-state index is 6.42. The molecule has 1 aliphatic rings. The minimum atomic E-state index is 0.0437. The highest BCUT2D eigenvalue weighted by Gasteiger charge is 2.39. The zero-order valence-electron chi connectivity index (χ0n) is 11.6. The van der Waals surface area contributed by atoms with Crippen molar-refractivity contribution >= 4 is 0 Å². The van der Waals surface area contributed by atoms with Crippen molar-refractivity contribution in [1.29, 1.82) is 0 Å². The summed E-state index contributed by atoms with van der Waals surface area (Å²) in [7, 11) is 0. The van der Waals surface area contributed by atoms with E-state index in [-0.39, 0.29) is 5.54 Å². The molecule has 0 aliphatic heterocycles. The lowest BCUT2D eigenvalue weighted by molar-refractivity contribution is 0.179. The molecular weight excluding hydrogens is 196 g/mol. The van der Waals surface area contributed by atoms with E-state index in [1.807, 2.05) is 0 Å². The van der Waals surface area contributed by atoms with Crippen molar-refractivity contribution in [3.8, 4) is 0 Å². The van der Waals surface area contributed by atoms with Crippen molar-refractivity contribution in [1.82, 2.24) is 4.90 Å². The van der Waals surface area contributed by atoms with E-state index >= 15 is 0 Å². The monoisotopic (exact) mass is 226 g/mol. The second kappa shape index (κ2) is 6.02. The average Bonchev–Trinajstić information content (AvgIpc) is 3.07. The van der Waals surface area contributed by atoms with Gasteiger partial charge < -0.3 is 10.6 Å². The molecule has 0 heterocycles. The molecule has 0 aromatic rings. The molecule has 2 nitrogen and oxygen atoms in total. The summed E-state index contributed by atoms with van der Waals surface area (Å²) in [6.07, 6.45) is 5.26. The molecule has 0 radical (unpaired) electrons. The summed E-state index contributed by atoms with van der Waals surface area (Å²) < 4.78 is 0. The Labute approximate surface area is 102 Å². The van der Waals surface area contributed by atoms with Crippen LogP contribution >= 0.6 is 0 Å². The van der Waals surface area contributed by atoms with E-state index in [9.17, 15) is 0 Å². The smallest absolute Gasteiger partial charge is 0.0283 e. The van der Waals surface area contributed by atoms with Gasteiger partial charge in [-0.15, -0.1) is 0 Å². The van der Waals surface area contributed by atoms with Gasteiger partial charge in [-0.05, 0) is 38.1 Å². The molecule has 0 saturated heterocycles. The minimum absolute atomic E-state index is 0.0437. The summed E-state index contributed by atoms with van der Waals surface area (Å²) >= 11 is 0. The van der Waals surface area contributed by atoms with Crippen LogP contribution in [-0.4, -0.2) is 30.1 Å². The third-order valence-corrected chi connectivity index (χ3v) is 4.19. The van der Waals surface area contributed by atoms with E-state index in [0.29, 0.717) is 0 Å². The number of nitrogens with zero attached hydrogens (tertiary/aromatic N) is 1. The van der Waals surface area contributed by atoms with Gasteiger partial charge >= 0.3 is 0 Å². The lowest BCUT2D eigenvalue weighted by atomic mass is 9.95. The van der Waals surface area contributed by atoms with Crippen molar-refractivity contribution in [3.63, 3.8) is 0 Å². The fourth-order valence-corrected chi connectivity index (χ4v) is 2.57. The Morgan fingerprint density at radius 3 is 2.19 bits per heavy atom. The number of likely N-dealkylation sites (N-methyl/N-ethyl adjacent to an activating group) is 1.